The molecule has 0 radical (unpaired) electrons. The van der Waals surface area contributed by atoms with Gasteiger partial charge in [0.15, 0.2) is 5.13 Å². The van der Waals surface area contributed by atoms with Gasteiger partial charge in [-0.2, -0.15) is 5.10 Å². The van der Waals surface area contributed by atoms with Crippen molar-refractivity contribution in [2.75, 3.05) is 5.32 Å². The number of carbonyl (C=O) groups excluding carboxylic acids is 1. The van der Waals surface area contributed by atoms with E-state index in [0.29, 0.717) is 12.1 Å². The Morgan fingerprint density at radius 3 is 2.66 bits per heavy atom. The quantitative estimate of drug-likeness (QED) is 0.484. The SMILES string of the molecule is O=C(Nc1ccc(Cn2cncn2)cc1)c1ccc2nc(-n3cccc3)sc2c1. The largest absolute Gasteiger partial charge is 0.322 e. The lowest BCUT2D eigenvalue weighted by molar-refractivity contribution is 0.102. The number of nitrogens with zero attached hydrogens (tertiary/aromatic N) is 5. The predicted octanol–water partition coefficient (Wildman–Crippen LogP) is 3.98. The van der Waals surface area contributed by atoms with Crippen LogP contribution in [0.5, 0.6) is 0 Å². The monoisotopic (exact) mass is 400 g/mol. The molecule has 0 atom stereocenters. The number of rotatable bonds is 5. The molecule has 0 aliphatic carbocycles. The van der Waals surface area contributed by atoms with Crippen molar-refractivity contribution in [1.29, 1.82) is 0 Å². The molecule has 0 bridgehead atoms. The molecule has 142 valence electrons. The van der Waals surface area contributed by atoms with Gasteiger partial charge in [0, 0.05) is 23.6 Å². The number of benzene rings is 2. The first-order valence-corrected chi connectivity index (χ1v) is 9.83. The maximum absolute atomic E-state index is 12.7. The van der Waals surface area contributed by atoms with E-state index < -0.39 is 0 Å². The molecule has 0 saturated heterocycles. The second-order valence-electron chi connectivity index (χ2n) is 6.51. The molecule has 0 saturated carbocycles. The summed E-state index contributed by atoms with van der Waals surface area (Å²) in [5.41, 5.74) is 3.31. The summed E-state index contributed by atoms with van der Waals surface area (Å²) in [7, 11) is 0. The fourth-order valence-electron chi connectivity index (χ4n) is 3.02. The van der Waals surface area contributed by atoms with Crippen LogP contribution in [0.25, 0.3) is 15.3 Å². The summed E-state index contributed by atoms with van der Waals surface area (Å²) in [6.45, 7) is 0.639. The summed E-state index contributed by atoms with van der Waals surface area (Å²) in [6, 6.07) is 17.2. The normalized spacial score (nSPS) is 11.0. The van der Waals surface area contributed by atoms with Crippen LogP contribution in [0.4, 0.5) is 5.69 Å². The lowest BCUT2D eigenvalue weighted by Crippen LogP contribution is -2.11. The van der Waals surface area contributed by atoms with Crippen LogP contribution in [0, 0.1) is 0 Å². The number of anilines is 1. The van der Waals surface area contributed by atoms with Gasteiger partial charge in [-0.3, -0.25) is 4.79 Å². The highest BCUT2D eigenvalue weighted by Gasteiger charge is 2.11. The number of aromatic nitrogens is 5. The van der Waals surface area contributed by atoms with E-state index in [1.807, 2.05) is 65.5 Å². The van der Waals surface area contributed by atoms with Crippen LogP contribution in [-0.2, 0) is 6.54 Å². The van der Waals surface area contributed by atoms with Crippen LogP contribution in [0.3, 0.4) is 0 Å². The third kappa shape index (κ3) is 3.65. The van der Waals surface area contributed by atoms with Gasteiger partial charge < -0.3 is 9.88 Å². The third-order valence-corrected chi connectivity index (χ3v) is 5.52. The molecule has 0 aliphatic rings. The molecular formula is C21H16N6OS. The number of amides is 1. The Hall–Kier alpha value is -3.78. The maximum atomic E-state index is 12.7. The van der Waals surface area contributed by atoms with Gasteiger partial charge in [-0.25, -0.2) is 14.6 Å². The molecule has 3 aromatic heterocycles. The zero-order valence-corrected chi connectivity index (χ0v) is 16.1. The van der Waals surface area contributed by atoms with E-state index >= 15 is 0 Å². The van der Waals surface area contributed by atoms with Gasteiger partial charge in [-0.15, -0.1) is 0 Å². The van der Waals surface area contributed by atoms with E-state index in [-0.39, 0.29) is 5.91 Å². The standard InChI is InChI=1S/C21H16N6OS/c28-20(24-17-6-3-15(4-7-17)12-27-14-22-13-23-27)16-5-8-18-19(11-16)29-21(25-18)26-9-1-2-10-26/h1-11,13-14H,12H2,(H,24,28). The Morgan fingerprint density at radius 1 is 1.07 bits per heavy atom. The third-order valence-electron chi connectivity index (χ3n) is 4.49. The van der Waals surface area contributed by atoms with Crippen molar-refractivity contribution in [2.24, 2.45) is 0 Å². The van der Waals surface area contributed by atoms with Crippen LogP contribution in [-0.4, -0.2) is 30.2 Å². The average molecular weight is 400 g/mol. The summed E-state index contributed by atoms with van der Waals surface area (Å²) >= 11 is 1.55. The van der Waals surface area contributed by atoms with Gasteiger partial charge in [0.2, 0.25) is 0 Å². The second-order valence-corrected chi connectivity index (χ2v) is 7.52. The highest BCUT2D eigenvalue weighted by atomic mass is 32.1. The molecule has 0 aliphatic heterocycles. The highest BCUT2D eigenvalue weighted by Crippen LogP contribution is 2.26. The molecule has 0 unspecified atom stereocenters. The highest BCUT2D eigenvalue weighted by molar-refractivity contribution is 7.20. The van der Waals surface area contributed by atoms with E-state index in [1.165, 1.54) is 6.33 Å². The maximum Gasteiger partial charge on any atom is 0.255 e. The molecule has 8 heteroatoms. The molecule has 1 N–H and O–H groups in total. The van der Waals surface area contributed by atoms with Crippen molar-refractivity contribution in [1.82, 2.24) is 24.3 Å². The number of carbonyl (C=O) groups is 1. The first kappa shape index (κ1) is 17.3. The van der Waals surface area contributed by atoms with Gasteiger partial charge in [-0.1, -0.05) is 23.5 Å². The van der Waals surface area contributed by atoms with Crippen molar-refractivity contribution < 1.29 is 4.79 Å². The van der Waals surface area contributed by atoms with Crippen molar-refractivity contribution in [2.45, 2.75) is 6.54 Å². The fourth-order valence-corrected chi connectivity index (χ4v) is 4.00. The molecular weight excluding hydrogens is 384 g/mol. The summed E-state index contributed by atoms with van der Waals surface area (Å²) < 4.78 is 4.69. The molecule has 5 rings (SSSR count). The van der Waals surface area contributed by atoms with Gasteiger partial charge >= 0.3 is 0 Å². The first-order chi connectivity index (χ1) is 14.2. The zero-order valence-electron chi connectivity index (χ0n) is 15.3. The topological polar surface area (TPSA) is 77.6 Å². The van der Waals surface area contributed by atoms with Crippen LogP contribution < -0.4 is 5.32 Å². The van der Waals surface area contributed by atoms with E-state index in [9.17, 15) is 4.79 Å². The lowest BCUT2D eigenvalue weighted by atomic mass is 10.1. The Morgan fingerprint density at radius 2 is 1.90 bits per heavy atom. The minimum Gasteiger partial charge on any atom is -0.322 e. The molecule has 7 nitrogen and oxygen atoms in total. The zero-order chi connectivity index (χ0) is 19.6. The molecule has 0 spiro atoms. The van der Waals surface area contributed by atoms with Crippen molar-refractivity contribution >= 4 is 33.1 Å². The number of thiazole rings is 1. The van der Waals surface area contributed by atoms with Crippen molar-refractivity contribution in [3.8, 4) is 5.13 Å². The van der Waals surface area contributed by atoms with Crippen LogP contribution >= 0.6 is 11.3 Å². The van der Waals surface area contributed by atoms with Gasteiger partial charge in [0.25, 0.3) is 5.91 Å². The molecule has 1 amide bonds. The van der Waals surface area contributed by atoms with Crippen molar-refractivity contribution in [3.63, 3.8) is 0 Å². The van der Waals surface area contributed by atoms with E-state index in [2.05, 4.69) is 20.4 Å². The first-order valence-electron chi connectivity index (χ1n) is 9.01. The minimum atomic E-state index is -0.146. The van der Waals surface area contributed by atoms with Crippen LogP contribution in [0.1, 0.15) is 15.9 Å². The number of fused-ring (bicyclic) bond motifs is 1. The Bertz CT molecular complexity index is 1260. The number of nitrogens with one attached hydrogen (secondary N) is 1. The van der Waals surface area contributed by atoms with E-state index in [1.54, 1.807) is 28.4 Å². The predicted molar refractivity (Wildman–Crippen MR) is 112 cm³/mol. The molecule has 0 fully saturated rings. The Kier molecular flexibility index (Phi) is 4.38. The number of hydrogen-bond donors (Lipinski definition) is 1. The lowest BCUT2D eigenvalue weighted by Gasteiger charge is -2.07. The summed E-state index contributed by atoms with van der Waals surface area (Å²) in [5.74, 6) is -0.146. The Balaban J connectivity index is 1.31. The summed E-state index contributed by atoms with van der Waals surface area (Å²) in [6.07, 6.45) is 7.10. The minimum absolute atomic E-state index is 0.146. The van der Waals surface area contributed by atoms with Crippen LogP contribution in [0.2, 0.25) is 0 Å². The fraction of sp³-hybridized carbons (Fsp3) is 0.0476. The average Bonchev–Trinajstić information content (AvgIpc) is 3.50. The van der Waals surface area contributed by atoms with E-state index in [4.69, 9.17) is 0 Å². The summed E-state index contributed by atoms with van der Waals surface area (Å²) in [4.78, 5) is 21.2. The smallest absolute Gasteiger partial charge is 0.255 e. The van der Waals surface area contributed by atoms with E-state index in [0.717, 1.165) is 26.6 Å². The van der Waals surface area contributed by atoms with Gasteiger partial charge in [-0.05, 0) is 48.0 Å². The van der Waals surface area contributed by atoms with Crippen LogP contribution in [0.15, 0.2) is 79.6 Å². The number of hydrogen-bond acceptors (Lipinski definition) is 5. The Labute approximate surface area is 170 Å². The molecule has 3 heterocycles. The molecule has 2 aromatic carbocycles. The second kappa shape index (κ2) is 7.33. The van der Waals surface area contributed by atoms with Gasteiger partial charge in [0.1, 0.15) is 12.7 Å². The molecule has 29 heavy (non-hydrogen) atoms. The van der Waals surface area contributed by atoms with Crippen molar-refractivity contribution in [3.05, 3.63) is 90.8 Å². The van der Waals surface area contributed by atoms with Gasteiger partial charge in [0.05, 0.1) is 16.8 Å². The summed E-state index contributed by atoms with van der Waals surface area (Å²) in [5, 5.41) is 7.92. The molecule has 5 aromatic rings.